The zero-order chi connectivity index (χ0) is 37.3. The molecule has 0 unspecified atom stereocenters. The maximum Gasteiger partial charge on any atom is 0.0547 e. The van der Waals surface area contributed by atoms with E-state index in [1.54, 1.807) is 0 Å². The summed E-state index contributed by atoms with van der Waals surface area (Å²) in [4.78, 5) is 0. The van der Waals surface area contributed by atoms with Gasteiger partial charge in [-0.3, -0.25) is 0 Å². The Kier molecular flexibility index (Phi) is 8.55. The first kappa shape index (κ1) is 33.2. The van der Waals surface area contributed by atoms with E-state index in [0.717, 1.165) is 33.8 Å². The molecule has 0 atom stereocenters. The number of rotatable bonds is 8. The van der Waals surface area contributed by atoms with Crippen LogP contribution in [0.5, 0.6) is 0 Å². The third kappa shape index (κ3) is 6.34. The van der Waals surface area contributed by atoms with Crippen molar-refractivity contribution < 1.29 is 0 Å². The van der Waals surface area contributed by atoms with Crippen LogP contribution in [0.4, 0.5) is 11.4 Å². The first-order chi connectivity index (χ1) is 27.7. The molecule has 0 radical (unpaired) electrons. The van der Waals surface area contributed by atoms with E-state index in [2.05, 4.69) is 234 Å². The lowest BCUT2D eigenvalue weighted by molar-refractivity contribution is 1.18. The number of para-hydroxylation sites is 1. The average molecular weight is 715 g/mol. The van der Waals surface area contributed by atoms with Crippen molar-refractivity contribution in [2.45, 2.75) is 0 Å². The highest BCUT2D eigenvalue weighted by molar-refractivity contribution is 6.10. The van der Waals surface area contributed by atoms with Gasteiger partial charge in [0.25, 0.3) is 0 Å². The van der Waals surface area contributed by atoms with Gasteiger partial charge in [-0.2, -0.15) is 0 Å². The van der Waals surface area contributed by atoms with Crippen LogP contribution in [-0.4, -0.2) is 4.57 Å². The summed E-state index contributed by atoms with van der Waals surface area (Å²) < 4.78 is 2.42. The highest BCUT2D eigenvalue weighted by Gasteiger charge is 2.16. The molecule has 264 valence electrons. The lowest BCUT2D eigenvalue weighted by atomic mass is 9.95. The van der Waals surface area contributed by atoms with E-state index in [1.807, 2.05) is 0 Å². The molecular weight excluding hydrogens is 677 g/mol. The number of nitrogens with zero attached hydrogens (tertiary/aromatic N) is 1. The van der Waals surface area contributed by atoms with E-state index in [9.17, 15) is 0 Å². The Bertz CT molecular complexity index is 2910. The Morgan fingerprint density at radius 3 is 1.45 bits per heavy atom. The number of aromatic nitrogens is 1. The zero-order valence-corrected chi connectivity index (χ0v) is 30.8. The van der Waals surface area contributed by atoms with Crippen molar-refractivity contribution in [2.75, 3.05) is 5.32 Å². The molecule has 0 saturated heterocycles. The Labute approximate surface area is 327 Å². The predicted octanol–water partition coefficient (Wildman–Crippen LogP) is 14.9. The number of anilines is 2. The van der Waals surface area contributed by atoms with Crippen LogP contribution in [0.1, 0.15) is 0 Å². The fourth-order valence-corrected chi connectivity index (χ4v) is 8.02. The predicted molar refractivity (Wildman–Crippen MR) is 238 cm³/mol. The number of hydrogen-bond donors (Lipinski definition) is 1. The quantitative estimate of drug-likeness (QED) is 0.166. The summed E-state index contributed by atoms with van der Waals surface area (Å²) in [5.41, 5.74) is 17.4. The first-order valence-corrected chi connectivity index (χ1v) is 19.2. The largest absolute Gasteiger partial charge is 0.355 e. The van der Waals surface area contributed by atoms with Crippen LogP contribution in [0.25, 0.3) is 83.1 Å². The van der Waals surface area contributed by atoms with Gasteiger partial charge in [0.15, 0.2) is 0 Å². The second kappa shape index (κ2) is 14.4. The van der Waals surface area contributed by atoms with Gasteiger partial charge in [0, 0.05) is 33.4 Å². The monoisotopic (exact) mass is 714 g/mol. The maximum absolute atomic E-state index is 3.86. The third-order valence-electron chi connectivity index (χ3n) is 10.7. The van der Waals surface area contributed by atoms with Gasteiger partial charge in [-0.15, -0.1) is 0 Å². The van der Waals surface area contributed by atoms with E-state index in [0.29, 0.717) is 0 Å². The average Bonchev–Trinajstić information content (AvgIpc) is 3.61. The van der Waals surface area contributed by atoms with Gasteiger partial charge >= 0.3 is 0 Å². The van der Waals surface area contributed by atoms with Crippen molar-refractivity contribution in [1.82, 2.24) is 4.57 Å². The number of fused-ring (bicyclic) bond motifs is 3. The van der Waals surface area contributed by atoms with Gasteiger partial charge in [-0.05, 0) is 105 Å². The Morgan fingerprint density at radius 1 is 0.286 bits per heavy atom. The molecule has 0 fully saturated rings. The van der Waals surface area contributed by atoms with Crippen molar-refractivity contribution in [2.24, 2.45) is 0 Å². The van der Waals surface area contributed by atoms with E-state index in [1.165, 1.54) is 60.8 Å². The molecule has 1 N–H and O–H groups in total. The second-order valence-corrected chi connectivity index (χ2v) is 14.3. The van der Waals surface area contributed by atoms with Crippen LogP contribution in [0.2, 0.25) is 0 Å². The summed E-state index contributed by atoms with van der Waals surface area (Å²) in [7, 11) is 0. The molecule has 0 aliphatic heterocycles. The van der Waals surface area contributed by atoms with E-state index in [4.69, 9.17) is 0 Å². The number of benzene rings is 9. The molecule has 0 bridgehead atoms. The molecule has 2 nitrogen and oxygen atoms in total. The fourth-order valence-electron chi connectivity index (χ4n) is 8.02. The summed E-state index contributed by atoms with van der Waals surface area (Å²) in [5, 5.41) is 6.35. The maximum atomic E-state index is 3.86. The molecule has 56 heavy (non-hydrogen) atoms. The second-order valence-electron chi connectivity index (χ2n) is 14.3. The molecule has 2 heteroatoms. The molecule has 10 rings (SSSR count). The Balaban J connectivity index is 1.10. The van der Waals surface area contributed by atoms with Gasteiger partial charge in [0.2, 0.25) is 0 Å². The topological polar surface area (TPSA) is 17.0 Å². The Morgan fingerprint density at radius 2 is 0.786 bits per heavy atom. The van der Waals surface area contributed by atoms with Crippen LogP contribution in [0.3, 0.4) is 0 Å². The summed E-state index contributed by atoms with van der Waals surface area (Å²) >= 11 is 0. The van der Waals surface area contributed by atoms with Crippen LogP contribution in [0, 0.1) is 0 Å². The molecule has 0 amide bonds. The van der Waals surface area contributed by atoms with Gasteiger partial charge in [0.05, 0.1) is 11.0 Å². The fraction of sp³-hybridized carbons (Fsp3) is 0. The minimum atomic E-state index is 1.04. The Hall–Kier alpha value is -7.42. The van der Waals surface area contributed by atoms with E-state index in [-0.39, 0.29) is 0 Å². The van der Waals surface area contributed by atoms with Gasteiger partial charge in [-0.1, -0.05) is 170 Å². The molecule has 9 aromatic carbocycles. The van der Waals surface area contributed by atoms with Crippen LogP contribution in [0.15, 0.2) is 224 Å². The summed E-state index contributed by atoms with van der Waals surface area (Å²) in [5.74, 6) is 0. The van der Waals surface area contributed by atoms with Crippen molar-refractivity contribution in [3.8, 4) is 61.3 Å². The first-order valence-electron chi connectivity index (χ1n) is 19.2. The lowest BCUT2D eigenvalue weighted by Crippen LogP contribution is -1.96. The molecule has 0 saturated carbocycles. The smallest absolute Gasteiger partial charge is 0.0547 e. The van der Waals surface area contributed by atoms with Crippen LogP contribution in [-0.2, 0) is 0 Å². The minimum absolute atomic E-state index is 1.04. The molecular formula is C54H38N2. The summed E-state index contributed by atoms with van der Waals surface area (Å²) in [6.45, 7) is 0. The highest BCUT2D eigenvalue weighted by atomic mass is 15.0. The highest BCUT2D eigenvalue weighted by Crippen LogP contribution is 2.40. The normalized spacial score (nSPS) is 11.2. The molecule has 0 aliphatic carbocycles. The van der Waals surface area contributed by atoms with E-state index >= 15 is 0 Å². The number of hydrogen-bond acceptors (Lipinski definition) is 1. The van der Waals surface area contributed by atoms with Crippen molar-refractivity contribution in [1.29, 1.82) is 0 Å². The van der Waals surface area contributed by atoms with Crippen molar-refractivity contribution in [3.05, 3.63) is 224 Å². The van der Waals surface area contributed by atoms with Crippen LogP contribution < -0.4 is 5.32 Å². The summed E-state index contributed by atoms with van der Waals surface area (Å²) in [6.07, 6.45) is 0. The van der Waals surface area contributed by atoms with Crippen LogP contribution >= 0.6 is 0 Å². The lowest BCUT2D eigenvalue weighted by Gasteiger charge is -2.17. The third-order valence-corrected chi connectivity index (χ3v) is 10.7. The standard InChI is InChI=1S/C54H38N2/c1-5-16-38(17-6-1)42-24-15-25-48(35-42)56-53-27-14-13-26-49(53)50-30-28-44(37-54(50)56)43-29-31-52(51(36-43)41-22-11-4-12-23-41)55-47-33-45(39-18-7-2-8-19-39)32-46(34-47)40-20-9-3-10-21-40/h1-37,55H. The van der Waals surface area contributed by atoms with Gasteiger partial charge in [0.1, 0.15) is 0 Å². The van der Waals surface area contributed by atoms with Gasteiger partial charge < -0.3 is 9.88 Å². The molecule has 1 heterocycles. The zero-order valence-electron chi connectivity index (χ0n) is 30.8. The molecule has 10 aromatic rings. The molecule has 0 spiro atoms. The van der Waals surface area contributed by atoms with Crippen molar-refractivity contribution >= 4 is 33.2 Å². The SMILES string of the molecule is c1ccc(-c2cc(Nc3ccc(-c4ccc5c6ccccc6n(-c6cccc(-c7ccccc7)c6)c5c4)cc3-c3ccccc3)cc(-c3ccccc3)c2)cc1. The van der Waals surface area contributed by atoms with Crippen molar-refractivity contribution in [3.63, 3.8) is 0 Å². The summed E-state index contributed by atoms with van der Waals surface area (Å²) in [6, 6.07) is 80.7. The molecule has 1 aromatic heterocycles. The van der Waals surface area contributed by atoms with E-state index < -0.39 is 0 Å². The van der Waals surface area contributed by atoms with Gasteiger partial charge in [-0.25, -0.2) is 0 Å². The molecule has 0 aliphatic rings. The minimum Gasteiger partial charge on any atom is -0.355 e. The number of nitrogens with one attached hydrogen (secondary N) is 1.